The van der Waals surface area contributed by atoms with Crippen LogP contribution in [0.3, 0.4) is 0 Å². The first-order valence-electron chi connectivity index (χ1n) is 8.31. The van der Waals surface area contributed by atoms with Crippen LogP contribution in [-0.2, 0) is 0 Å². The maximum Gasteiger partial charge on any atom is 0.344 e. The molecule has 0 saturated carbocycles. The molecule has 4 nitrogen and oxygen atoms in total. The van der Waals surface area contributed by atoms with Gasteiger partial charge in [0.25, 0.3) is 0 Å². The third-order valence-corrected chi connectivity index (χ3v) is 5.43. The second kappa shape index (κ2) is 7.73. The molecule has 0 spiro atoms. The van der Waals surface area contributed by atoms with E-state index in [9.17, 15) is 9.59 Å². The van der Waals surface area contributed by atoms with E-state index in [2.05, 4.69) is 31.9 Å². The van der Waals surface area contributed by atoms with E-state index in [1.54, 1.807) is 30.3 Å². The van der Waals surface area contributed by atoms with Gasteiger partial charge in [0.2, 0.25) is 0 Å². The van der Waals surface area contributed by atoms with E-state index in [0.29, 0.717) is 32.3 Å². The monoisotopic (exact) mass is 498 g/mol. The number of benzene rings is 3. The van der Waals surface area contributed by atoms with E-state index in [1.165, 1.54) is 12.3 Å². The summed E-state index contributed by atoms with van der Waals surface area (Å²) >= 11 is 6.71. The number of ether oxygens (including phenoxy) is 1. The summed E-state index contributed by atoms with van der Waals surface area (Å²) in [6.07, 6.45) is 1.42. The van der Waals surface area contributed by atoms with E-state index < -0.39 is 5.97 Å². The lowest BCUT2D eigenvalue weighted by molar-refractivity contribution is 0.0734. The van der Waals surface area contributed by atoms with Crippen LogP contribution >= 0.6 is 31.9 Å². The lowest BCUT2D eigenvalue weighted by Crippen LogP contribution is -2.09. The highest BCUT2D eigenvalue weighted by Crippen LogP contribution is 2.25. The van der Waals surface area contributed by atoms with Crippen molar-refractivity contribution < 1.29 is 13.9 Å². The standard InChI is InChI=1S/C22H12Br2O4/c23-14-7-5-13(6-8-14)18-12-27-20-11-15(9-10-17(20)21(18)25)28-22(26)16-3-1-2-4-19(16)24/h1-12H. The van der Waals surface area contributed by atoms with Crippen LogP contribution in [0.15, 0.2) is 91.2 Å². The van der Waals surface area contributed by atoms with Crippen molar-refractivity contribution >= 4 is 48.8 Å². The molecular formula is C22H12Br2O4. The van der Waals surface area contributed by atoms with Gasteiger partial charge < -0.3 is 9.15 Å². The van der Waals surface area contributed by atoms with Crippen molar-refractivity contribution in [2.45, 2.75) is 0 Å². The number of carbonyl (C=O) groups excluding carboxylic acids is 1. The fraction of sp³-hybridized carbons (Fsp3) is 0. The molecule has 0 aliphatic heterocycles. The Kier molecular flexibility index (Phi) is 5.15. The summed E-state index contributed by atoms with van der Waals surface area (Å²) < 4.78 is 12.6. The Morgan fingerprint density at radius 2 is 1.68 bits per heavy atom. The SMILES string of the molecule is O=C(Oc1ccc2c(=O)c(-c3ccc(Br)cc3)coc2c1)c1ccccc1Br. The van der Waals surface area contributed by atoms with Crippen molar-refractivity contribution in [3.8, 4) is 16.9 Å². The maximum atomic E-state index is 12.8. The lowest BCUT2D eigenvalue weighted by atomic mass is 10.1. The van der Waals surface area contributed by atoms with E-state index in [4.69, 9.17) is 9.15 Å². The fourth-order valence-corrected chi connectivity index (χ4v) is 3.50. The van der Waals surface area contributed by atoms with Gasteiger partial charge >= 0.3 is 5.97 Å². The molecule has 0 unspecified atom stereocenters. The summed E-state index contributed by atoms with van der Waals surface area (Å²) in [4.78, 5) is 25.2. The first kappa shape index (κ1) is 18.7. The highest BCUT2D eigenvalue weighted by molar-refractivity contribution is 9.10. The Labute approximate surface area is 177 Å². The van der Waals surface area contributed by atoms with E-state index in [-0.39, 0.29) is 5.43 Å². The first-order chi connectivity index (χ1) is 13.5. The van der Waals surface area contributed by atoms with Gasteiger partial charge in [-0.05, 0) is 57.9 Å². The van der Waals surface area contributed by atoms with Crippen LogP contribution in [0.4, 0.5) is 0 Å². The molecule has 0 amide bonds. The van der Waals surface area contributed by atoms with Gasteiger partial charge in [-0.1, -0.05) is 40.2 Å². The van der Waals surface area contributed by atoms with Crippen molar-refractivity contribution in [2.24, 2.45) is 0 Å². The second-order valence-corrected chi connectivity index (χ2v) is 7.78. The summed E-state index contributed by atoms with van der Waals surface area (Å²) in [7, 11) is 0. The largest absolute Gasteiger partial charge is 0.463 e. The average molecular weight is 500 g/mol. The minimum Gasteiger partial charge on any atom is -0.463 e. The first-order valence-corrected chi connectivity index (χ1v) is 9.90. The third-order valence-electron chi connectivity index (χ3n) is 4.21. The highest BCUT2D eigenvalue weighted by atomic mass is 79.9. The number of carbonyl (C=O) groups is 1. The second-order valence-electron chi connectivity index (χ2n) is 6.01. The fourth-order valence-electron chi connectivity index (χ4n) is 2.79. The summed E-state index contributed by atoms with van der Waals surface area (Å²) in [5.41, 5.74) is 1.85. The van der Waals surface area contributed by atoms with Gasteiger partial charge in [-0.15, -0.1) is 0 Å². The molecule has 28 heavy (non-hydrogen) atoms. The topological polar surface area (TPSA) is 56.5 Å². The van der Waals surface area contributed by atoms with Crippen molar-refractivity contribution in [2.75, 3.05) is 0 Å². The molecule has 0 fully saturated rings. The zero-order valence-electron chi connectivity index (χ0n) is 14.3. The molecule has 0 atom stereocenters. The van der Waals surface area contributed by atoms with Crippen molar-refractivity contribution in [1.29, 1.82) is 0 Å². The number of fused-ring (bicyclic) bond motifs is 1. The molecule has 1 aromatic heterocycles. The van der Waals surface area contributed by atoms with Crippen LogP contribution in [0.25, 0.3) is 22.1 Å². The lowest BCUT2D eigenvalue weighted by Gasteiger charge is -2.07. The van der Waals surface area contributed by atoms with Crippen LogP contribution in [0.5, 0.6) is 5.75 Å². The Morgan fingerprint density at radius 1 is 0.929 bits per heavy atom. The minimum absolute atomic E-state index is 0.146. The smallest absolute Gasteiger partial charge is 0.344 e. The summed E-state index contributed by atoms with van der Waals surface area (Å²) in [6, 6.07) is 19.1. The van der Waals surface area contributed by atoms with Gasteiger partial charge in [-0.25, -0.2) is 4.79 Å². The summed E-state index contributed by atoms with van der Waals surface area (Å²) in [5.74, 6) is -0.201. The molecular weight excluding hydrogens is 488 g/mol. The average Bonchev–Trinajstić information content (AvgIpc) is 2.69. The molecule has 4 aromatic rings. The molecule has 0 bridgehead atoms. The predicted octanol–water partition coefficient (Wildman–Crippen LogP) is 6.20. The molecule has 3 aromatic carbocycles. The van der Waals surface area contributed by atoms with E-state index in [0.717, 1.165) is 10.0 Å². The zero-order chi connectivity index (χ0) is 19.7. The number of halogens is 2. The summed E-state index contributed by atoms with van der Waals surface area (Å²) in [5, 5.41) is 0.418. The quantitative estimate of drug-likeness (QED) is 0.248. The number of rotatable bonds is 3. The molecule has 0 aliphatic rings. The Balaban J connectivity index is 1.68. The van der Waals surface area contributed by atoms with Gasteiger partial charge in [-0.2, -0.15) is 0 Å². The maximum absolute atomic E-state index is 12.8. The van der Waals surface area contributed by atoms with Gasteiger partial charge in [0, 0.05) is 15.0 Å². The van der Waals surface area contributed by atoms with Crippen molar-refractivity contribution in [3.05, 3.63) is 97.7 Å². The Bertz CT molecular complexity index is 1240. The molecule has 4 rings (SSSR count). The van der Waals surface area contributed by atoms with Gasteiger partial charge in [0.1, 0.15) is 17.6 Å². The van der Waals surface area contributed by atoms with E-state index >= 15 is 0 Å². The van der Waals surface area contributed by atoms with Crippen LogP contribution in [0.2, 0.25) is 0 Å². The molecule has 0 saturated heterocycles. The van der Waals surface area contributed by atoms with Crippen LogP contribution < -0.4 is 10.2 Å². The van der Waals surface area contributed by atoms with Crippen LogP contribution in [0, 0.1) is 0 Å². The number of hydrogen-bond donors (Lipinski definition) is 0. The van der Waals surface area contributed by atoms with Gasteiger partial charge in [0.15, 0.2) is 5.43 Å². The summed E-state index contributed by atoms with van der Waals surface area (Å²) in [6.45, 7) is 0. The van der Waals surface area contributed by atoms with Crippen LogP contribution in [-0.4, -0.2) is 5.97 Å². The molecule has 1 heterocycles. The normalized spacial score (nSPS) is 10.8. The molecule has 0 aliphatic carbocycles. The van der Waals surface area contributed by atoms with Crippen molar-refractivity contribution in [3.63, 3.8) is 0 Å². The molecule has 138 valence electrons. The Hall–Kier alpha value is -2.70. The zero-order valence-corrected chi connectivity index (χ0v) is 17.5. The minimum atomic E-state index is -0.499. The Morgan fingerprint density at radius 3 is 2.43 bits per heavy atom. The number of hydrogen-bond acceptors (Lipinski definition) is 4. The van der Waals surface area contributed by atoms with Crippen LogP contribution in [0.1, 0.15) is 10.4 Å². The highest BCUT2D eigenvalue weighted by Gasteiger charge is 2.14. The third kappa shape index (κ3) is 3.66. The number of esters is 1. The van der Waals surface area contributed by atoms with Gasteiger partial charge in [0.05, 0.1) is 16.5 Å². The van der Waals surface area contributed by atoms with Crippen molar-refractivity contribution in [1.82, 2.24) is 0 Å². The van der Waals surface area contributed by atoms with E-state index in [1.807, 2.05) is 30.3 Å². The van der Waals surface area contributed by atoms with Gasteiger partial charge in [-0.3, -0.25) is 4.79 Å². The molecule has 0 N–H and O–H groups in total. The predicted molar refractivity (Wildman–Crippen MR) is 115 cm³/mol. The molecule has 0 radical (unpaired) electrons. The molecule has 6 heteroatoms.